The first-order valence-electron chi connectivity index (χ1n) is 5.00. The average molecular weight is 208 g/mol. The predicted molar refractivity (Wildman–Crippen MR) is 55.1 cm³/mol. The van der Waals surface area contributed by atoms with Crippen molar-refractivity contribution in [2.75, 3.05) is 13.3 Å². The van der Waals surface area contributed by atoms with Crippen molar-refractivity contribution >= 4 is 7.60 Å². The highest BCUT2D eigenvalue weighted by Crippen LogP contribution is 2.41. The van der Waals surface area contributed by atoms with Crippen LogP contribution in [0.5, 0.6) is 0 Å². The van der Waals surface area contributed by atoms with E-state index in [-0.39, 0.29) is 0 Å². The maximum Gasteiger partial charge on any atom is 0.327 e. The SMILES string of the molecule is CCCCCCCCP(=O)(O)OC. The molecular weight excluding hydrogens is 187 g/mol. The van der Waals surface area contributed by atoms with Crippen molar-refractivity contribution < 1.29 is 14.0 Å². The summed E-state index contributed by atoms with van der Waals surface area (Å²) in [5, 5.41) is 0. The topological polar surface area (TPSA) is 46.5 Å². The number of hydrogen-bond donors (Lipinski definition) is 1. The lowest BCUT2D eigenvalue weighted by atomic mass is 10.1. The van der Waals surface area contributed by atoms with Crippen LogP contribution in [0.1, 0.15) is 45.4 Å². The van der Waals surface area contributed by atoms with Gasteiger partial charge in [0.1, 0.15) is 0 Å². The number of hydrogen-bond acceptors (Lipinski definition) is 2. The lowest BCUT2D eigenvalue weighted by molar-refractivity contribution is 0.314. The fourth-order valence-electron chi connectivity index (χ4n) is 1.18. The van der Waals surface area contributed by atoms with Gasteiger partial charge in [-0.3, -0.25) is 4.57 Å². The fourth-order valence-corrected chi connectivity index (χ4v) is 1.99. The van der Waals surface area contributed by atoms with Crippen molar-refractivity contribution in [1.29, 1.82) is 0 Å². The van der Waals surface area contributed by atoms with E-state index >= 15 is 0 Å². The van der Waals surface area contributed by atoms with E-state index in [1.807, 2.05) is 0 Å². The lowest BCUT2D eigenvalue weighted by Gasteiger charge is -2.07. The molecule has 0 amide bonds. The van der Waals surface area contributed by atoms with E-state index in [0.29, 0.717) is 6.16 Å². The minimum Gasteiger partial charge on any atom is -0.324 e. The summed E-state index contributed by atoms with van der Waals surface area (Å²) in [7, 11) is -1.94. The largest absolute Gasteiger partial charge is 0.327 e. The van der Waals surface area contributed by atoms with Gasteiger partial charge in [0.2, 0.25) is 0 Å². The van der Waals surface area contributed by atoms with Crippen LogP contribution in [0.3, 0.4) is 0 Å². The van der Waals surface area contributed by atoms with Gasteiger partial charge in [0.05, 0.1) is 0 Å². The molecule has 0 radical (unpaired) electrons. The summed E-state index contributed by atoms with van der Waals surface area (Å²) in [5.41, 5.74) is 0. The normalized spacial score (nSPS) is 15.6. The molecule has 0 aromatic heterocycles. The second-order valence-corrected chi connectivity index (χ2v) is 5.40. The van der Waals surface area contributed by atoms with Crippen LogP contribution in [0, 0.1) is 0 Å². The van der Waals surface area contributed by atoms with Crippen LogP contribution in [0.4, 0.5) is 0 Å². The zero-order valence-corrected chi connectivity index (χ0v) is 9.56. The summed E-state index contributed by atoms with van der Waals surface area (Å²) in [5.74, 6) is 0. The van der Waals surface area contributed by atoms with E-state index < -0.39 is 7.60 Å². The van der Waals surface area contributed by atoms with Gasteiger partial charge < -0.3 is 9.42 Å². The Morgan fingerprint density at radius 3 is 2.23 bits per heavy atom. The quantitative estimate of drug-likeness (QED) is 0.492. The number of rotatable bonds is 8. The molecule has 0 aliphatic carbocycles. The number of unbranched alkanes of at least 4 members (excludes halogenated alkanes) is 5. The van der Waals surface area contributed by atoms with Crippen molar-refractivity contribution in [3.8, 4) is 0 Å². The van der Waals surface area contributed by atoms with E-state index in [0.717, 1.165) is 19.3 Å². The summed E-state index contributed by atoms with van der Waals surface area (Å²) in [6.07, 6.45) is 7.03. The first-order valence-corrected chi connectivity index (χ1v) is 6.76. The van der Waals surface area contributed by atoms with E-state index in [1.165, 1.54) is 26.4 Å². The Morgan fingerprint density at radius 2 is 1.69 bits per heavy atom. The van der Waals surface area contributed by atoms with Crippen LogP contribution in [-0.4, -0.2) is 18.2 Å². The molecular formula is C9H21O3P. The van der Waals surface area contributed by atoms with Gasteiger partial charge in [-0.2, -0.15) is 0 Å². The van der Waals surface area contributed by atoms with Gasteiger partial charge >= 0.3 is 7.60 Å². The van der Waals surface area contributed by atoms with Gasteiger partial charge in [0.15, 0.2) is 0 Å². The summed E-state index contributed by atoms with van der Waals surface area (Å²) < 4.78 is 15.5. The molecule has 0 saturated heterocycles. The minimum absolute atomic E-state index is 0.301. The van der Waals surface area contributed by atoms with Crippen molar-refractivity contribution in [2.24, 2.45) is 0 Å². The summed E-state index contributed by atoms with van der Waals surface area (Å²) in [4.78, 5) is 9.06. The van der Waals surface area contributed by atoms with E-state index in [1.54, 1.807) is 0 Å². The molecule has 3 nitrogen and oxygen atoms in total. The van der Waals surface area contributed by atoms with E-state index in [4.69, 9.17) is 4.89 Å². The Labute approximate surface area is 81.0 Å². The Hall–Kier alpha value is 0.150. The van der Waals surface area contributed by atoms with Crippen molar-refractivity contribution in [3.05, 3.63) is 0 Å². The summed E-state index contributed by atoms with van der Waals surface area (Å²) >= 11 is 0. The van der Waals surface area contributed by atoms with Crippen molar-refractivity contribution in [1.82, 2.24) is 0 Å². The van der Waals surface area contributed by atoms with E-state index in [2.05, 4.69) is 11.4 Å². The summed E-state index contributed by atoms with van der Waals surface area (Å²) in [6, 6.07) is 0. The van der Waals surface area contributed by atoms with Gasteiger partial charge in [-0.1, -0.05) is 39.0 Å². The zero-order chi connectivity index (χ0) is 10.2. The van der Waals surface area contributed by atoms with Gasteiger partial charge in [-0.15, -0.1) is 0 Å². The standard InChI is InChI=1S/C9H21O3P/c1-3-4-5-6-7-8-9-13(10,11)12-2/h3-9H2,1-2H3,(H,10,11). The molecule has 4 heteroatoms. The van der Waals surface area contributed by atoms with Gasteiger partial charge in [0.25, 0.3) is 0 Å². The van der Waals surface area contributed by atoms with Crippen molar-refractivity contribution in [2.45, 2.75) is 45.4 Å². The van der Waals surface area contributed by atoms with Crippen molar-refractivity contribution in [3.63, 3.8) is 0 Å². The Bertz CT molecular complexity index is 159. The van der Waals surface area contributed by atoms with Crippen LogP contribution in [0.15, 0.2) is 0 Å². The molecule has 0 aromatic carbocycles. The molecule has 80 valence electrons. The highest BCUT2D eigenvalue weighted by atomic mass is 31.2. The first kappa shape index (κ1) is 13.2. The maximum absolute atomic E-state index is 11.0. The molecule has 0 aromatic rings. The van der Waals surface area contributed by atoms with Crippen LogP contribution in [-0.2, 0) is 9.09 Å². The molecule has 13 heavy (non-hydrogen) atoms. The third-order valence-electron chi connectivity index (χ3n) is 2.08. The summed E-state index contributed by atoms with van der Waals surface area (Å²) in [6.45, 7) is 2.17. The highest BCUT2D eigenvalue weighted by Gasteiger charge is 2.15. The van der Waals surface area contributed by atoms with Gasteiger partial charge in [-0.25, -0.2) is 0 Å². The molecule has 1 N–H and O–H groups in total. The van der Waals surface area contributed by atoms with Gasteiger partial charge in [-0.05, 0) is 6.42 Å². The third kappa shape index (κ3) is 8.48. The van der Waals surface area contributed by atoms with Crippen LogP contribution < -0.4 is 0 Å². The highest BCUT2D eigenvalue weighted by molar-refractivity contribution is 7.52. The first-order chi connectivity index (χ1) is 6.12. The Morgan fingerprint density at radius 1 is 1.15 bits per heavy atom. The third-order valence-corrected chi connectivity index (χ3v) is 3.53. The van der Waals surface area contributed by atoms with Crippen LogP contribution >= 0.6 is 7.60 Å². The Kier molecular flexibility index (Phi) is 7.63. The molecule has 0 bridgehead atoms. The molecule has 1 atom stereocenters. The maximum atomic E-state index is 11.0. The van der Waals surface area contributed by atoms with Crippen LogP contribution in [0.2, 0.25) is 0 Å². The fraction of sp³-hybridized carbons (Fsp3) is 1.00. The lowest BCUT2D eigenvalue weighted by Crippen LogP contribution is -1.91. The molecule has 0 heterocycles. The second-order valence-electron chi connectivity index (χ2n) is 3.31. The molecule has 1 unspecified atom stereocenters. The second kappa shape index (κ2) is 7.54. The van der Waals surface area contributed by atoms with E-state index in [9.17, 15) is 4.57 Å². The molecule has 0 aliphatic rings. The smallest absolute Gasteiger partial charge is 0.324 e. The predicted octanol–water partition coefficient (Wildman–Crippen LogP) is 3.18. The van der Waals surface area contributed by atoms with Crippen LogP contribution in [0.25, 0.3) is 0 Å². The average Bonchev–Trinajstić information content (AvgIpc) is 2.11. The Balaban J connectivity index is 3.21. The molecule has 0 fully saturated rings. The molecule has 0 spiro atoms. The minimum atomic E-state index is -3.23. The zero-order valence-electron chi connectivity index (χ0n) is 8.66. The molecule has 0 rings (SSSR count). The molecule has 0 aliphatic heterocycles. The van der Waals surface area contributed by atoms with Gasteiger partial charge in [0, 0.05) is 13.3 Å². The monoisotopic (exact) mass is 208 g/mol. The molecule has 0 saturated carbocycles.